The average Bonchev–Trinajstić information content (AvgIpc) is 3.43. The molecule has 0 atom stereocenters. The van der Waals surface area contributed by atoms with E-state index in [4.69, 9.17) is 4.52 Å². The Balaban J connectivity index is 1.25. The fourth-order valence-corrected chi connectivity index (χ4v) is 4.62. The smallest absolute Gasteiger partial charge is 0.307 e. The summed E-state index contributed by atoms with van der Waals surface area (Å²) < 4.78 is 7.03. The van der Waals surface area contributed by atoms with E-state index >= 15 is 0 Å². The first-order valence-electron chi connectivity index (χ1n) is 9.11. The van der Waals surface area contributed by atoms with Gasteiger partial charge in [-0.15, -0.1) is 11.3 Å². The Morgan fingerprint density at radius 2 is 2.07 bits per heavy atom. The molecule has 4 rings (SSSR count). The van der Waals surface area contributed by atoms with Crippen LogP contribution >= 0.6 is 22.7 Å². The summed E-state index contributed by atoms with van der Waals surface area (Å²) in [6, 6.07) is 3.93. The highest BCUT2D eigenvalue weighted by molar-refractivity contribution is 7.13. The summed E-state index contributed by atoms with van der Waals surface area (Å²) in [4.78, 5) is 33.7. The number of carbonyl (C=O) groups is 1. The number of nitrogens with zero attached hydrogens (tertiary/aromatic N) is 5. The van der Waals surface area contributed by atoms with Crippen LogP contribution in [0.4, 0.5) is 0 Å². The van der Waals surface area contributed by atoms with Gasteiger partial charge < -0.3 is 14.0 Å². The lowest BCUT2D eigenvalue weighted by Gasteiger charge is -2.34. The lowest BCUT2D eigenvalue weighted by atomic mass is 10.2. The van der Waals surface area contributed by atoms with Crippen LogP contribution in [0.3, 0.4) is 0 Å². The molecular weight excluding hydrogens is 398 g/mol. The maximum Gasteiger partial charge on any atom is 0.307 e. The van der Waals surface area contributed by atoms with Crippen molar-refractivity contribution in [2.45, 2.75) is 26.4 Å². The van der Waals surface area contributed by atoms with Crippen LogP contribution in [0.25, 0.3) is 10.7 Å². The third-order valence-electron chi connectivity index (χ3n) is 4.82. The summed E-state index contributed by atoms with van der Waals surface area (Å²) >= 11 is 2.76. The van der Waals surface area contributed by atoms with Crippen molar-refractivity contribution >= 4 is 28.6 Å². The molecule has 10 heteroatoms. The summed E-state index contributed by atoms with van der Waals surface area (Å²) in [5.74, 6) is 1.31. The molecule has 1 amide bonds. The molecule has 4 heterocycles. The van der Waals surface area contributed by atoms with Crippen molar-refractivity contribution in [1.82, 2.24) is 24.5 Å². The Hall–Kier alpha value is -2.30. The maximum atomic E-state index is 12.5. The second-order valence-electron chi connectivity index (χ2n) is 6.69. The van der Waals surface area contributed by atoms with Gasteiger partial charge >= 0.3 is 4.87 Å². The molecule has 0 saturated carbocycles. The average molecular weight is 420 g/mol. The number of thiazole rings is 1. The van der Waals surface area contributed by atoms with Gasteiger partial charge in [0.1, 0.15) is 0 Å². The number of aryl methyl sites for hydroxylation is 1. The lowest BCUT2D eigenvalue weighted by Crippen LogP contribution is -2.48. The molecule has 8 nitrogen and oxygen atoms in total. The molecule has 28 heavy (non-hydrogen) atoms. The van der Waals surface area contributed by atoms with Gasteiger partial charge in [-0.2, -0.15) is 4.98 Å². The number of thiophene rings is 1. The first-order valence-corrected chi connectivity index (χ1v) is 10.9. The minimum absolute atomic E-state index is 0.00315. The van der Waals surface area contributed by atoms with E-state index in [9.17, 15) is 9.59 Å². The monoisotopic (exact) mass is 419 g/mol. The normalized spacial score (nSPS) is 15.2. The summed E-state index contributed by atoms with van der Waals surface area (Å²) in [6.07, 6.45) is 0.352. The summed E-state index contributed by atoms with van der Waals surface area (Å²) in [5, 5.41) is 7.85. The van der Waals surface area contributed by atoms with E-state index in [2.05, 4.69) is 15.0 Å². The zero-order valence-corrected chi connectivity index (χ0v) is 17.2. The van der Waals surface area contributed by atoms with Crippen LogP contribution in [-0.2, 0) is 17.9 Å². The standard InChI is InChI=1S/C18H21N5O3S2/c1-13-12-28-18(25)23(13)5-4-16(24)22-8-6-21(7-9-22)11-15-19-17(20-26-15)14-3-2-10-27-14/h2-3,10,12H,4-9,11H2,1H3. The highest BCUT2D eigenvalue weighted by Gasteiger charge is 2.23. The Morgan fingerprint density at radius 1 is 1.25 bits per heavy atom. The van der Waals surface area contributed by atoms with Gasteiger partial charge in [-0.1, -0.05) is 22.6 Å². The second-order valence-corrected chi connectivity index (χ2v) is 8.46. The number of aromatic nitrogens is 3. The van der Waals surface area contributed by atoms with Crippen LogP contribution in [0.15, 0.2) is 32.2 Å². The van der Waals surface area contributed by atoms with E-state index in [1.807, 2.05) is 34.7 Å². The highest BCUT2D eigenvalue weighted by atomic mass is 32.1. The Labute approximate surface area is 170 Å². The fourth-order valence-electron chi connectivity index (χ4n) is 3.21. The molecule has 1 aliphatic rings. The minimum Gasteiger partial charge on any atom is -0.340 e. The molecule has 1 aliphatic heterocycles. The van der Waals surface area contributed by atoms with E-state index in [1.54, 1.807) is 15.9 Å². The third-order valence-corrected chi connectivity index (χ3v) is 6.57. The number of hydrogen-bond acceptors (Lipinski definition) is 8. The molecule has 1 fully saturated rings. The SMILES string of the molecule is Cc1csc(=O)n1CCC(=O)N1CCN(Cc2nc(-c3cccs3)no2)CC1. The molecule has 0 unspecified atom stereocenters. The Morgan fingerprint density at radius 3 is 2.75 bits per heavy atom. The number of piperazine rings is 1. The summed E-state index contributed by atoms with van der Waals surface area (Å²) in [7, 11) is 0. The first-order chi connectivity index (χ1) is 13.6. The van der Waals surface area contributed by atoms with Gasteiger partial charge in [0.25, 0.3) is 0 Å². The van der Waals surface area contributed by atoms with Crippen LogP contribution in [-0.4, -0.2) is 56.6 Å². The van der Waals surface area contributed by atoms with Gasteiger partial charge in [0.2, 0.25) is 17.6 Å². The van der Waals surface area contributed by atoms with Crippen molar-refractivity contribution in [1.29, 1.82) is 0 Å². The predicted molar refractivity (Wildman–Crippen MR) is 107 cm³/mol. The summed E-state index contributed by atoms with van der Waals surface area (Å²) in [6.45, 7) is 5.79. The highest BCUT2D eigenvalue weighted by Crippen LogP contribution is 2.21. The zero-order valence-electron chi connectivity index (χ0n) is 15.5. The van der Waals surface area contributed by atoms with Crippen LogP contribution in [0.1, 0.15) is 18.0 Å². The van der Waals surface area contributed by atoms with E-state index in [1.165, 1.54) is 11.3 Å². The molecule has 0 bridgehead atoms. The fraction of sp³-hybridized carbons (Fsp3) is 0.444. The molecule has 0 aromatic carbocycles. The second kappa shape index (κ2) is 8.38. The number of carbonyl (C=O) groups excluding carboxylic acids is 1. The summed E-state index contributed by atoms with van der Waals surface area (Å²) in [5.41, 5.74) is 0.911. The number of rotatable bonds is 6. The van der Waals surface area contributed by atoms with Crippen molar-refractivity contribution < 1.29 is 9.32 Å². The molecule has 0 N–H and O–H groups in total. The van der Waals surface area contributed by atoms with Gasteiger partial charge in [0.05, 0.1) is 11.4 Å². The van der Waals surface area contributed by atoms with Crippen molar-refractivity contribution in [3.63, 3.8) is 0 Å². The Bertz CT molecular complexity index is 983. The molecule has 1 saturated heterocycles. The molecule has 0 radical (unpaired) electrons. The molecule has 148 valence electrons. The first kappa shape index (κ1) is 19.0. The third kappa shape index (κ3) is 4.23. The van der Waals surface area contributed by atoms with Crippen LogP contribution in [0.5, 0.6) is 0 Å². The molecule has 0 spiro atoms. The van der Waals surface area contributed by atoms with Crippen molar-refractivity contribution in [2.75, 3.05) is 26.2 Å². The van der Waals surface area contributed by atoms with E-state index < -0.39 is 0 Å². The largest absolute Gasteiger partial charge is 0.340 e. The lowest BCUT2D eigenvalue weighted by molar-refractivity contribution is -0.133. The van der Waals surface area contributed by atoms with E-state index in [0.29, 0.717) is 44.3 Å². The van der Waals surface area contributed by atoms with Crippen LogP contribution in [0, 0.1) is 6.92 Å². The van der Waals surface area contributed by atoms with Gasteiger partial charge in [-0.3, -0.25) is 14.5 Å². The Kier molecular flexibility index (Phi) is 5.69. The van der Waals surface area contributed by atoms with E-state index in [0.717, 1.165) is 23.7 Å². The van der Waals surface area contributed by atoms with Gasteiger partial charge in [-0.25, -0.2) is 0 Å². The van der Waals surface area contributed by atoms with E-state index in [-0.39, 0.29) is 10.8 Å². The quantitative estimate of drug-likeness (QED) is 0.608. The number of amides is 1. The molecule has 0 aliphatic carbocycles. The van der Waals surface area contributed by atoms with Gasteiger partial charge in [0.15, 0.2) is 0 Å². The van der Waals surface area contributed by atoms with Crippen molar-refractivity contribution in [2.24, 2.45) is 0 Å². The van der Waals surface area contributed by atoms with Gasteiger partial charge in [0, 0.05) is 50.2 Å². The van der Waals surface area contributed by atoms with Crippen molar-refractivity contribution in [3.05, 3.63) is 44.1 Å². The minimum atomic E-state index is -0.00315. The van der Waals surface area contributed by atoms with Crippen molar-refractivity contribution in [3.8, 4) is 10.7 Å². The van der Waals surface area contributed by atoms with Crippen LogP contribution < -0.4 is 4.87 Å². The molecule has 3 aromatic heterocycles. The molecular formula is C18H21N5O3S2. The topological polar surface area (TPSA) is 84.5 Å². The van der Waals surface area contributed by atoms with Gasteiger partial charge in [-0.05, 0) is 18.4 Å². The molecule has 3 aromatic rings. The number of hydrogen-bond donors (Lipinski definition) is 0. The maximum absolute atomic E-state index is 12.5. The predicted octanol–water partition coefficient (Wildman–Crippen LogP) is 2.06. The zero-order chi connectivity index (χ0) is 19.5. The van der Waals surface area contributed by atoms with Crippen LogP contribution in [0.2, 0.25) is 0 Å².